The van der Waals surface area contributed by atoms with Crippen molar-refractivity contribution in [2.45, 2.75) is 12.5 Å². The van der Waals surface area contributed by atoms with E-state index < -0.39 is 29.9 Å². The Kier molecular flexibility index (Phi) is 4.35. The Bertz CT molecular complexity index is 715. The van der Waals surface area contributed by atoms with Crippen LogP contribution in [0.2, 0.25) is 0 Å². The van der Waals surface area contributed by atoms with Gasteiger partial charge in [0.2, 0.25) is 5.91 Å². The van der Waals surface area contributed by atoms with Gasteiger partial charge in [0, 0.05) is 18.8 Å². The van der Waals surface area contributed by atoms with Crippen LogP contribution in [-0.2, 0) is 9.59 Å². The van der Waals surface area contributed by atoms with E-state index in [0.29, 0.717) is 31.0 Å². The number of hydrogen-bond donors (Lipinski definition) is 3. The second-order valence-electron chi connectivity index (χ2n) is 6.39. The number of aliphatic carboxylic acids is 1. The summed E-state index contributed by atoms with van der Waals surface area (Å²) in [6.45, 7) is 4.95. The highest BCUT2D eigenvalue weighted by atomic mass is 16.4. The minimum absolute atomic E-state index is 0.176. The lowest BCUT2D eigenvalue weighted by Gasteiger charge is -2.47. The molecule has 25 heavy (non-hydrogen) atoms. The molecule has 8 nitrogen and oxygen atoms in total. The van der Waals surface area contributed by atoms with Crippen molar-refractivity contribution >= 4 is 23.6 Å². The Labute approximate surface area is 144 Å². The molecule has 3 amide bonds. The smallest absolute Gasteiger partial charge is 0.329 e. The number of carboxylic acids is 1. The molecule has 0 saturated carbocycles. The van der Waals surface area contributed by atoms with E-state index in [0.717, 1.165) is 4.90 Å². The summed E-state index contributed by atoms with van der Waals surface area (Å²) in [7, 11) is 0. The number of imide groups is 1. The van der Waals surface area contributed by atoms with Crippen molar-refractivity contribution in [2.75, 3.05) is 18.4 Å². The van der Waals surface area contributed by atoms with Gasteiger partial charge in [-0.05, 0) is 24.5 Å². The number of β-lactam (4-membered cyclic amide) rings is 1. The maximum atomic E-state index is 12.3. The van der Waals surface area contributed by atoms with Crippen LogP contribution in [0.1, 0.15) is 6.42 Å². The SMILES string of the molecule is C=C(N)N1CC(C[C@H]2C(=O)N(C(=O)Nc3ccccc3)C2C(=O)O)C1. The van der Waals surface area contributed by atoms with E-state index in [1.165, 1.54) is 0 Å². The van der Waals surface area contributed by atoms with Gasteiger partial charge in [-0.15, -0.1) is 0 Å². The quantitative estimate of drug-likeness (QED) is 0.683. The third kappa shape index (κ3) is 3.15. The number of urea groups is 1. The Morgan fingerprint density at radius 3 is 2.48 bits per heavy atom. The molecule has 2 atom stereocenters. The molecular weight excluding hydrogens is 324 g/mol. The van der Waals surface area contributed by atoms with Crippen molar-refractivity contribution < 1.29 is 19.5 Å². The van der Waals surface area contributed by atoms with Gasteiger partial charge in [-0.2, -0.15) is 0 Å². The van der Waals surface area contributed by atoms with Crippen LogP contribution in [0.5, 0.6) is 0 Å². The topological polar surface area (TPSA) is 116 Å². The number of carbonyl (C=O) groups is 3. The Morgan fingerprint density at radius 1 is 1.28 bits per heavy atom. The third-order valence-electron chi connectivity index (χ3n) is 4.66. The zero-order chi connectivity index (χ0) is 18.1. The molecule has 2 fully saturated rings. The fourth-order valence-corrected chi connectivity index (χ4v) is 3.31. The van der Waals surface area contributed by atoms with Crippen molar-refractivity contribution in [2.24, 2.45) is 17.6 Å². The monoisotopic (exact) mass is 344 g/mol. The van der Waals surface area contributed by atoms with Crippen LogP contribution < -0.4 is 11.1 Å². The van der Waals surface area contributed by atoms with Crippen LogP contribution in [-0.4, -0.2) is 51.9 Å². The maximum absolute atomic E-state index is 12.3. The van der Waals surface area contributed by atoms with E-state index in [1.807, 2.05) is 4.90 Å². The van der Waals surface area contributed by atoms with Crippen LogP contribution in [0.15, 0.2) is 42.7 Å². The molecule has 0 bridgehead atoms. The molecule has 0 aliphatic carbocycles. The number of nitrogens with one attached hydrogen (secondary N) is 1. The first kappa shape index (κ1) is 16.8. The number of nitrogens with two attached hydrogens (primary N) is 1. The average Bonchev–Trinajstić information content (AvgIpc) is 2.50. The number of carbonyl (C=O) groups excluding carboxylic acids is 2. The van der Waals surface area contributed by atoms with Gasteiger partial charge in [0.25, 0.3) is 0 Å². The summed E-state index contributed by atoms with van der Waals surface area (Å²) in [4.78, 5) is 38.8. The van der Waals surface area contributed by atoms with E-state index in [1.54, 1.807) is 30.3 Å². The van der Waals surface area contributed by atoms with Crippen LogP contribution in [0.3, 0.4) is 0 Å². The fourth-order valence-electron chi connectivity index (χ4n) is 3.31. The van der Waals surface area contributed by atoms with Crippen molar-refractivity contribution in [1.29, 1.82) is 0 Å². The van der Waals surface area contributed by atoms with Gasteiger partial charge < -0.3 is 21.1 Å². The third-order valence-corrected chi connectivity index (χ3v) is 4.66. The molecule has 2 saturated heterocycles. The van der Waals surface area contributed by atoms with Crippen LogP contribution in [0.4, 0.5) is 10.5 Å². The van der Waals surface area contributed by atoms with Gasteiger partial charge in [0.05, 0.1) is 11.7 Å². The fraction of sp³-hybridized carbons (Fsp3) is 0.353. The highest BCUT2D eigenvalue weighted by Gasteiger charge is 2.55. The number of para-hydroxylation sites is 1. The summed E-state index contributed by atoms with van der Waals surface area (Å²) in [5.74, 6) is -1.67. The first-order chi connectivity index (χ1) is 11.9. The summed E-state index contributed by atoms with van der Waals surface area (Å²) >= 11 is 0. The molecule has 8 heteroatoms. The molecule has 2 aliphatic rings. The molecule has 1 unspecified atom stereocenters. The van der Waals surface area contributed by atoms with Crippen LogP contribution in [0, 0.1) is 11.8 Å². The van der Waals surface area contributed by atoms with E-state index in [-0.39, 0.29) is 5.92 Å². The standard InChI is InChI=1S/C17H20N4O4/c1-10(18)20-8-11(9-20)7-13-14(16(23)24)21(15(13)22)17(25)19-12-5-3-2-4-6-12/h2-6,11,13-14H,1,7-9,18H2,(H,19,25)(H,23,24)/t13-,14?/m1/s1. The van der Waals surface area contributed by atoms with Gasteiger partial charge >= 0.3 is 12.0 Å². The summed E-state index contributed by atoms with van der Waals surface area (Å²) in [5, 5.41) is 12.0. The van der Waals surface area contributed by atoms with E-state index >= 15 is 0 Å². The minimum Gasteiger partial charge on any atom is -0.480 e. The first-order valence-corrected chi connectivity index (χ1v) is 7.99. The maximum Gasteiger partial charge on any atom is 0.329 e. The summed E-state index contributed by atoms with van der Waals surface area (Å²) < 4.78 is 0. The lowest BCUT2D eigenvalue weighted by Crippen LogP contribution is -2.68. The lowest BCUT2D eigenvalue weighted by atomic mass is 9.78. The largest absolute Gasteiger partial charge is 0.480 e. The van der Waals surface area contributed by atoms with E-state index in [2.05, 4.69) is 11.9 Å². The molecule has 2 aliphatic heterocycles. The van der Waals surface area contributed by atoms with Crippen molar-refractivity contribution in [3.8, 4) is 0 Å². The Hall–Kier alpha value is -3.03. The zero-order valence-electron chi connectivity index (χ0n) is 13.6. The van der Waals surface area contributed by atoms with Gasteiger partial charge in [0.15, 0.2) is 6.04 Å². The molecule has 1 aromatic carbocycles. The average molecular weight is 344 g/mol. The first-order valence-electron chi connectivity index (χ1n) is 7.99. The number of hydrogen-bond acceptors (Lipinski definition) is 5. The molecule has 132 valence electrons. The minimum atomic E-state index is -1.17. The summed E-state index contributed by atoms with van der Waals surface area (Å²) in [5.41, 5.74) is 6.09. The predicted molar refractivity (Wildman–Crippen MR) is 90.2 cm³/mol. The van der Waals surface area contributed by atoms with E-state index in [9.17, 15) is 19.5 Å². The van der Waals surface area contributed by atoms with Gasteiger partial charge in [0.1, 0.15) is 0 Å². The molecule has 3 rings (SSSR count). The molecule has 0 spiro atoms. The van der Waals surface area contributed by atoms with Crippen molar-refractivity contribution in [1.82, 2.24) is 9.80 Å². The lowest BCUT2D eigenvalue weighted by molar-refractivity contribution is -0.167. The van der Waals surface area contributed by atoms with Crippen LogP contribution in [0.25, 0.3) is 0 Å². The van der Waals surface area contributed by atoms with Gasteiger partial charge in [-0.25, -0.2) is 14.5 Å². The molecular formula is C17H20N4O4. The van der Waals surface area contributed by atoms with Gasteiger partial charge in [-0.1, -0.05) is 24.8 Å². The number of nitrogens with zero attached hydrogens (tertiary/aromatic N) is 2. The van der Waals surface area contributed by atoms with Crippen LogP contribution >= 0.6 is 0 Å². The summed E-state index contributed by atoms with van der Waals surface area (Å²) in [6.07, 6.45) is 0.425. The van der Waals surface area contributed by atoms with Crippen molar-refractivity contribution in [3.63, 3.8) is 0 Å². The number of anilines is 1. The molecule has 1 aromatic rings. The number of amides is 3. The van der Waals surface area contributed by atoms with Crippen molar-refractivity contribution in [3.05, 3.63) is 42.7 Å². The van der Waals surface area contributed by atoms with E-state index in [4.69, 9.17) is 5.73 Å². The molecule has 0 radical (unpaired) electrons. The number of benzene rings is 1. The summed E-state index contributed by atoms with van der Waals surface area (Å²) in [6, 6.07) is 6.74. The zero-order valence-corrected chi connectivity index (χ0v) is 13.6. The molecule has 4 N–H and O–H groups in total. The second kappa shape index (κ2) is 6.46. The number of carboxylic acid groups (broad SMARTS) is 1. The predicted octanol–water partition coefficient (Wildman–Crippen LogP) is 0.882. The molecule has 0 aromatic heterocycles. The number of likely N-dealkylation sites (tertiary alicyclic amines) is 2. The Morgan fingerprint density at radius 2 is 1.92 bits per heavy atom. The highest BCUT2D eigenvalue weighted by Crippen LogP contribution is 2.36. The normalized spacial score (nSPS) is 22.8. The number of rotatable bonds is 5. The molecule has 2 heterocycles. The Balaban J connectivity index is 1.62. The highest BCUT2D eigenvalue weighted by molar-refractivity contribution is 6.11. The van der Waals surface area contributed by atoms with Gasteiger partial charge in [-0.3, -0.25) is 4.79 Å². The second-order valence-corrected chi connectivity index (χ2v) is 6.39.